The maximum atomic E-state index is 12.7. The lowest BCUT2D eigenvalue weighted by atomic mass is 10.1. The van der Waals surface area contributed by atoms with Gasteiger partial charge in [-0.2, -0.15) is 0 Å². The normalized spacial score (nSPS) is 17.5. The zero-order chi connectivity index (χ0) is 19.1. The number of benzene rings is 1. The summed E-state index contributed by atoms with van der Waals surface area (Å²) in [5.41, 5.74) is 1.30. The number of nitrogens with one attached hydrogen (secondary N) is 2. The van der Waals surface area contributed by atoms with Gasteiger partial charge in [0.05, 0.1) is 0 Å². The van der Waals surface area contributed by atoms with Crippen molar-refractivity contribution in [1.82, 2.24) is 15.1 Å². The van der Waals surface area contributed by atoms with Gasteiger partial charge in [-0.1, -0.05) is 12.5 Å². The summed E-state index contributed by atoms with van der Waals surface area (Å²) in [4.78, 5) is 29.0. The van der Waals surface area contributed by atoms with Gasteiger partial charge in [-0.05, 0) is 57.0 Å². The van der Waals surface area contributed by atoms with E-state index in [-0.39, 0.29) is 11.8 Å². The minimum Gasteiger partial charge on any atom is -0.340 e. The van der Waals surface area contributed by atoms with E-state index in [4.69, 9.17) is 0 Å². The number of hydrogen-bond donors (Lipinski definition) is 2. The monoisotopic (exact) mass is 372 g/mol. The van der Waals surface area contributed by atoms with Gasteiger partial charge in [-0.25, -0.2) is 0 Å². The third-order valence-electron chi connectivity index (χ3n) is 5.30. The second kappa shape index (κ2) is 9.85. The number of anilines is 1. The minimum atomic E-state index is -0.0220. The molecule has 1 aliphatic heterocycles. The van der Waals surface area contributed by atoms with Crippen LogP contribution in [0.25, 0.3) is 0 Å². The van der Waals surface area contributed by atoms with Crippen LogP contribution in [-0.2, 0) is 4.79 Å². The maximum Gasteiger partial charge on any atom is 0.253 e. The van der Waals surface area contributed by atoms with Crippen LogP contribution < -0.4 is 10.6 Å². The summed E-state index contributed by atoms with van der Waals surface area (Å²) in [6.45, 7) is 4.63. The first-order valence-electron chi connectivity index (χ1n) is 10.2. The third-order valence-corrected chi connectivity index (χ3v) is 5.30. The van der Waals surface area contributed by atoms with Crippen LogP contribution in [0.2, 0.25) is 0 Å². The van der Waals surface area contributed by atoms with Crippen molar-refractivity contribution in [2.75, 3.05) is 45.1 Å². The molecule has 1 heterocycles. The van der Waals surface area contributed by atoms with Crippen molar-refractivity contribution in [2.24, 2.45) is 0 Å². The molecule has 1 aromatic carbocycles. The zero-order valence-electron chi connectivity index (χ0n) is 16.4. The Morgan fingerprint density at radius 2 is 1.96 bits per heavy atom. The Morgan fingerprint density at radius 3 is 2.70 bits per heavy atom. The molecule has 1 saturated carbocycles. The molecule has 2 N–H and O–H groups in total. The van der Waals surface area contributed by atoms with Crippen LogP contribution in [0.3, 0.4) is 0 Å². The predicted octanol–water partition coefficient (Wildman–Crippen LogP) is 2.33. The lowest BCUT2D eigenvalue weighted by Crippen LogP contribution is -2.38. The number of amides is 2. The molecule has 1 aliphatic carbocycles. The standard InChI is InChI=1S/C21H32N4O2/c1-24(14-15-25-12-3-2-4-13-25)21(27)17-6-5-7-19(16-17)23-20(26)10-11-22-18-8-9-18/h5-7,16,18,22H,2-4,8-15H2,1H3,(H,23,26). The van der Waals surface area contributed by atoms with Crippen LogP contribution in [0, 0.1) is 0 Å². The second-order valence-electron chi connectivity index (χ2n) is 7.74. The highest BCUT2D eigenvalue weighted by Crippen LogP contribution is 2.18. The minimum absolute atomic E-state index is 0.00138. The van der Waals surface area contributed by atoms with Crippen LogP contribution in [0.15, 0.2) is 24.3 Å². The molecule has 3 rings (SSSR count). The van der Waals surface area contributed by atoms with Crippen molar-refractivity contribution in [3.05, 3.63) is 29.8 Å². The first-order valence-corrected chi connectivity index (χ1v) is 10.2. The molecule has 0 radical (unpaired) electrons. The van der Waals surface area contributed by atoms with Gasteiger partial charge >= 0.3 is 0 Å². The van der Waals surface area contributed by atoms with Gasteiger partial charge in [-0.3, -0.25) is 9.59 Å². The van der Waals surface area contributed by atoms with E-state index in [1.54, 1.807) is 11.0 Å². The first kappa shape index (κ1) is 19.8. The van der Waals surface area contributed by atoms with Gasteiger partial charge in [0.1, 0.15) is 0 Å². The van der Waals surface area contributed by atoms with Crippen LogP contribution >= 0.6 is 0 Å². The molecule has 0 unspecified atom stereocenters. The van der Waals surface area contributed by atoms with Gasteiger partial charge in [0.15, 0.2) is 0 Å². The number of likely N-dealkylation sites (N-methyl/N-ethyl adjacent to an activating group) is 1. The van der Waals surface area contributed by atoms with E-state index in [1.165, 1.54) is 32.1 Å². The highest BCUT2D eigenvalue weighted by Gasteiger charge is 2.20. The number of piperidine rings is 1. The largest absolute Gasteiger partial charge is 0.340 e. The number of likely N-dealkylation sites (tertiary alicyclic amines) is 1. The molecule has 0 spiro atoms. The average molecular weight is 373 g/mol. The van der Waals surface area contributed by atoms with E-state index in [9.17, 15) is 9.59 Å². The van der Waals surface area contributed by atoms with Crippen LogP contribution in [0.4, 0.5) is 5.69 Å². The van der Waals surface area contributed by atoms with Crippen LogP contribution in [0.1, 0.15) is 48.9 Å². The maximum absolute atomic E-state index is 12.7. The molecule has 1 saturated heterocycles. The highest BCUT2D eigenvalue weighted by molar-refractivity contribution is 5.97. The SMILES string of the molecule is CN(CCN1CCCCC1)C(=O)c1cccc(NC(=O)CCNC2CC2)c1. The number of hydrogen-bond acceptors (Lipinski definition) is 4. The Bertz CT molecular complexity index is 639. The molecule has 2 aliphatic rings. The van der Waals surface area contributed by atoms with Crippen molar-refractivity contribution in [3.8, 4) is 0 Å². The topological polar surface area (TPSA) is 64.7 Å². The van der Waals surface area contributed by atoms with Gasteiger partial charge in [-0.15, -0.1) is 0 Å². The van der Waals surface area contributed by atoms with Crippen molar-refractivity contribution < 1.29 is 9.59 Å². The lowest BCUT2D eigenvalue weighted by molar-refractivity contribution is -0.116. The second-order valence-corrected chi connectivity index (χ2v) is 7.74. The summed E-state index contributed by atoms with van der Waals surface area (Å²) < 4.78 is 0. The third kappa shape index (κ3) is 6.63. The van der Waals surface area contributed by atoms with Crippen molar-refractivity contribution in [1.29, 1.82) is 0 Å². The molecule has 0 atom stereocenters. The zero-order valence-corrected chi connectivity index (χ0v) is 16.4. The molecule has 0 aromatic heterocycles. The highest BCUT2D eigenvalue weighted by atomic mass is 16.2. The van der Waals surface area contributed by atoms with Crippen molar-refractivity contribution >= 4 is 17.5 Å². The molecule has 1 aromatic rings. The molecule has 6 heteroatoms. The fourth-order valence-electron chi connectivity index (χ4n) is 3.43. The molecule has 0 bridgehead atoms. The number of nitrogens with zero attached hydrogens (tertiary/aromatic N) is 2. The molecule has 148 valence electrons. The van der Waals surface area contributed by atoms with Gasteiger partial charge < -0.3 is 20.4 Å². The van der Waals surface area contributed by atoms with E-state index < -0.39 is 0 Å². The number of carbonyl (C=O) groups excluding carboxylic acids is 2. The van der Waals surface area contributed by atoms with E-state index in [1.807, 2.05) is 25.2 Å². The Labute approximate surface area is 162 Å². The van der Waals surface area contributed by atoms with E-state index in [0.29, 0.717) is 30.3 Å². The molecule has 2 fully saturated rings. The lowest BCUT2D eigenvalue weighted by Gasteiger charge is -2.28. The molecular formula is C21H32N4O2. The fraction of sp³-hybridized carbons (Fsp3) is 0.619. The number of rotatable bonds is 9. The Kier molecular flexibility index (Phi) is 7.24. The smallest absolute Gasteiger partial charge is 0.253 e. The summed E-state index contributed by atoms with van der Waals surface area (Å²) in [6.07, 6.45) is 6.73. The summed E-state index contributed by atoms with van der Waals surface area (Å²) in [6, 6.07) is 7.84. The van der Waals surface area contributed by atoms with Crippen molar-refractivity contribution in [2.45, 2.75) is 44.6 Å². The van der Waals surface area contributed by atoms with E-state index in [2.05, 4.69) is 15.5 Å². The van der Waals surface area contributed by atoms with Gasteiger partial charge in [0, 0.05) is 50.4 Å². The van der Waals surface area contributed by atoms with E-state index in [0.717, 1.165) is 26.2 Å². The Morgan fingerprint density at radius 1 is 1.19 bits per heavy atom. The van der Waals surface area contributed by atoms with Gasteiger partial charge in [0.25, 0.3) is 5.91 Å². The van der Waals surface area contributed by atoms with Crippen LogP contribution in [0.5, 0.6) is 0 Å². The quantitative estimate of drug-likeness (QED) is 0.698. The summed E-state index contributed by atoms with van der Waals surface area (Å²) in [5.74, 6) is -0.0234. The predicted molar refractivity (Wildman–Crippen MR) is 108 cm³/mol. The van der Waals surface area contributed by atoms with Gasteiger partial charge in [0.2, 0.25) is 5.91 Å². The molecule has 27 heavy (non-hydrogen) atoms. The van der Waals surface area contributed by atoms with Crippen molar-refractivity contribution in [3.63, 3.8) is 0 Å². The summed E-state index contributed by atoms with van der Waals surface area (Å²) in [7, 11) is 1.85. The molecule has 6 nitrogen and oxygen atoms in total. The average Bonchev–Trinajstić information content (AvgIpc) is 3.51. The van der Waals surface area contributed by atoms with Crippen LogP contribution in [-0.4, -0.2) is 67.4 Å². The Hall–Kier alpha value is -1.92. The molecule has 2 amide bonds. The van der Waals surface area contributed by atoms with E-state index >= 15 is 0 Å². The summed E-state index contributed by atoms with van der Waals surface area (Å²) in [5, 5.41) is 6.23. The number of carbonyl (C=O) groups is 2. The Balaban J connectivity index is 1.45. The first-order chi connectivity index (χ1) is 13.1. The summed E-state index contributed by atoms with van der Waals surface area (Å²) >= 11 is 0. The fourth-order valence-corrected chi connectivity index (χ4v) is 3.43. The molecular weight excluding hydrogens is 340 g/mol.